The molecule has 0 atom stereocenters. The molecule has 1 aromatic carbocycles. The number of aromatic hydroxyl groups is 1. The van der Waals surface area contributed by atoms with E-state index in [-0.39, 0.29) is 17.1 Å². The zero-order valence-corrected chi connectivity index (χ0v) is 11.3. The highest BCUT2D eigenvalue weighted by Crippen LogP contribution is 2.32. The molecule has 1 aromatic heterocycles. The largest absolute Gasteiger partial charge is 0.507 e. The summed E-state index contributed by atoms with van der Waals surface area (Å²) in [6, 6.07) is 6.22. The second-order valence-corrected chi connectivity index (χ2v) is 5.96. The fraction of sp³-hybridized carbons (Fsp3) is 0.154. The number of ketones is 1. The maximum Gasteiger partial charge on any atom is 0.163 e. The lowest BCUT2D eigenvalue weighted by Gasteiger charge is -2.07. The number of hydrogen-bond acceptors (Lipinski definition) is 4. The first-order valence-electron chi connectivity index (χ1n) is 5.26. The van der Waals surface area contributed by atoms with Crippen molar-refractivity contribution >= 4 is 28.9 Å². The molecule has 0 fully saturated rings. The number of thiophene rings is 1. The van der Waals surface area contributed by atoms with Gasteiger partial charge in [-0.15, -0.1) is 23.1 Å². The van der Waals surface area contributed by atoms with Gasteiger partial charge in [-0.1, -0.05) is 6.07 Å². The van der Waals surface area contributed by atoms with Crippen molar-refractivity contribution in [1.82, 2.24) is 0 Å². The minimum Gasteiger partial charge on any atom is -0.507 e. The van der Waals surface area contributed by atoms with Gasteiger partial charge in [0.15, 0.2) is 5.78 Å². The van der Waals surface area contributed by atoms with Crippen molar-refractivity contribution in [2.45, 2.75) is 16.9 Å². The van der Waals surface area contributed by atoms with E-state index in [1.807, 2.05) is 17.5 Å². The van der Waals surface area contributed by atoms with Crippen LogP contribution in [0.3, 0.4) is 0 Å². The van der Waals surface area contributed by atoms with Gasteiger partial charge in [-0.05, 0) is 30.5 Å². The quantitative estimate of drug-likeness (QED) is 0.678. The molecule has 5 heteroatoms. The molecule has 0 aliphatic heterocycles. The Labute approximate surface area is 112 Å². The van der Waals surface area contributed by atoms with Crippen LogP contribution in [0.5, 0.6) is 5.75 Å². The third kappa shape index (κ3) is 2.91. The van der Waals surface area contributed by atoms with E-state index >= 15 is 0 Å². The van der Waals surface area contributed by atoms with E-state index in [0.717, 1.165) is 10.3 Å². The summed E-state index contributed by atoms with van der Waals surface area (Å²) in [5.74, 6) is -0.521. The number of rotatable bonds is 4. The van der Waals surface area contributed by atoms with E-state index in [1.165, 1.54) is 24.8 Å². The molecule has 0 radical (unpaired) electrons. The van der Waals surface area contributed by atoms with Gasteiger partial charge in [-0.2, -0.15) is 0 Å². The van der Waals surface area contributed by atoms with Gasteiger partial charge >= 0.3 is 0 Å². The molecule has 0 aliphatic rings. The standard InChI is InChI=1S/C13H11FO2S2/c1-8(15)11-6-10(14)5-9(13(11)16)7-18-12-3-2-4-17-12/h2-6,16H,7H2,1H3. The van der Waals surface area contributed by atoms with Crippen LogP contribution in [0.25, 0.3) is 0 Å². The SMILES string of the molecule is CC(=O)c1cc(F)cc(CSc2cccs2)c1O. The number of hydrogen-bond donors (Lipinski definition) is 1. The number of halogens is 1. The highest BCUT2D eigenvalue weighted by molar-refractivity contribution is 8.00. The summed E-state index contributed by atoms with van der Waals surface area (Å²) in [6.45, 7) is 1.31. The van der Waals surface area contributed by atoms with Crippen LogP contribution in [0.15, 0.2) is 33.9 Å². The molecule has 2 nitrogen and oxygen atoms in total. The van der Waals surface area contributed by atoms with Crippen molar-refractivity contribution in [3.63, 3.8) is 0 Å². The third-order valence-electron chi connectivity index (χ3n) is 2.40. The molecule has 2 aromatic rings. The Balaban J connectivity index is 2.24. The van der Waals surface area contributed by atoms with Crippen LogP contribution in [-0.4, -0.2) is 10.9 Å². The summed E-state index contributed by atoms with van der Waals surface area (Å²) in [5, 5.41) is 11.9. The molecule has 0 amide bonds. The van der Waals surface area contributed by atoms with Crippen molar-refractivity contribution in [2.24, 2.45) is 0 Å². The van der Waals surface area contributed by atoms with Crippen LogP contribution in [0.2, 0.25) is 0 Å². The van der Waals surface area contributed by atoms with Gasteiger partial charge in [0.2, 0.25) is 0 Å². The first-order chi connectivity index (χ1) is 8.58. The zero-order valence-electron chi connectivity index (χ0n) is 9.64. The van der Waals surface area contributed by atoms with Gasteiger partial charge in [0.1, 0.15) is 11.6 Å². The highest BCUT2D eigenvalue weighted by Gasteiger charge is 2.13. The smallest absolute Gasteiger partial charge is 0.163 e. The molecule has 0 saturated heterocycles. The molecule has 0 spiro atoms. The van der Waals surface area contributed by atoms with Crippen molar-refractivity contribution in [3.8, 4) is 5.75 Å². The molecule has 0 bridgehead atoms. The van der Waals surface area contributed by atoms with E-state index in [9.17, 15) is 14.3 Å². The predicted molar refractivity (Wildman–Crippen MR) is 71.9 cm³/mol. The molecule has 1 heterocycles. The molecule has 0 aliphatic carbocycles. The summed E-state index contributed by atoms with van der Waals surface area (Å²) >= 11 is 3.09. The van der Waals surface area contributed by atoms with Gasteiger partial charge in [0, 0.05) is 11.3 Å². The van der Waals surface area contributed by atoms with E-state index < -0.39 is 5.82 Å². The average molecular weight is 282 g/mol. The first-order valence-corrected chi connectivity index (χ1v) is 7.13. The van der Waals surface area contributed by atoms with Crippen LogP contribution in [0, 0.1) is 5.82 Å². The van der Waals surface area contributed by atoms with E-state index in [2.05, 4.69) is 0 Å². The number of phenols is 1. The second kappa shape index (κ2) is 5.54. The van der Waals surface area contributed by atoms with Crippen LogP contribution < -0.4 is 0 Å². The summed E-state index contributed by atoms with van der Waals surface area (Å²) < 4.78 is 14.4. The van der Waals surface area contributed by atoms with Crippen LogP contribution in [0.4, 0.5) is 4.39 Å². The number of carbonyl (C=O) groups excluding carboxylic acids is 1. The van der Waals surface area contributed by atoms with Crippen LogP contribution in [0.1, 0.15) is 22.8 Å². The number of benzene rings is 1. The van der Waals surface area contributed by atoms with Crippen molar-refractivity contribution in [2.75, 3.05) is 0 Å². The van der Waals surface area contributed by atoms with Crippen LogP contribution in [-0.2, 0) is 5.75 Å². The Bertz CT molecular complexity index is 565. The Hall–Kier alpha value is -1.33. The number of Topliss-reactive ketones (excluding diaryl/α,β-unsaturated/α-hetero) is 1. The molecular weight excluding hydrogens is 271 g/mol. The minimum atomic E-state index is -0.500. The second-order valence-electron chi connectivity index (χ2n) is 3.74. The third-order valence-corrected chi connectivity index (χ3v) is 4.58. The molecule has 0 unspecified atom stereocenters. The molecule has 0 saturated carbocycles. The Morgan fingerprint density at radius 1 is 1.50 bits per heavy atom. The van der Waals surface area contributed by atoms with E-state index in [1.54, 1.807) is 11.3 Å². The van der Waals surface area contributed by atoms with Gasteiger partial charge < -0.3 is 5.11 Å². The first kappa shape index (κ1) is 13.1. The number of carbonyl (C=O) groups is 1. The van der Waals surface area contributed by atoms with Crippen molar-refractivity contribution in [1.29, 1.82) is 0 Å². The molecule has 1 N–H and O–H groups in total. The van der Waals surface area contributed by atoms with Crippen LogP contribution >= 0.6 is 23.1 Å². The average Bonchev–Trinajstić information content (AvgIpc) is 2.82. The highest BCUT2D eigenvalue weighted by atomic mass is 32.2. The summed E-state index contributed by atoms with van der Waals surface area (Å²) in [5.41, 5.74) is 0.482. The molecule has 94 valence electrons. The normalized spacial score (nSPS) is 10.6. The number of phenolic OH excluding ortho intramolecular Hbond substituents is 1. The summed E-state index contributed by atoms with van der Waals surface area (Å²) in [4.78, 5) is 11.3. The topological polar surface area (TPSA) is 37.3 Å². The predicted octanol–water partition coefficient (Wildman–Crippen LogP) is 4.09. The molecule has 18 heavy (non-hydrogen) atoms. The van der Waals surface area contributed by atoms with Gasteiger partial charge in [-0.3, -0.25) is 4.79 Å². The molecular formula is C13H11FO2S2. The Morgan fingerprint density at radius 3 is 2.89 bits per heavy atom. The lowest BCUT2D eigenvalue weighted by atomic mass is 10.1. The fourth-order valence-electron chi connectivity index (χ4n) is 1.53. The van der Waals surface area contributed by atoms with Crippen molar-refractivity contribution in [3.05, 3.63) is 46.6 Å². The zero-order chi connectivity index (χ0) is 13.1. The number of thioether (sulfide) groups is 1. The maximum atomic E-state index is 13.4. The summed E-state index contributed by atoms with van der Waals surface area (Å²) in [6.07, 6.45) is 0. The van der Waals surface area contributed by atoms with Gasteiger partial charge in [0.05, 0.1) is 9.77 Å². The van der Waals surface area contributed by atoms with E-state index in [4.69, 9.17) is 0 Å². The van der Waals surface area contributed by atoms with E-state index in [0.29, 0.717) is 11.3 Å². The van der Waals surface area contributed by atoms with Crippen molar-refractivity contribution < 1.29 is 14.3 Å². The van der Waals surface area contributed by atoms with Gasteiger partial charge in [0.25, 0.3) is 0 Å². The lowest BCUT2D eigenvalue weighted by molar-refractivity contribution is 0.101. The lowest BCUT2D eigenvalue weighted by Crippen LogP contribution is -1.97. The fourth-order valence-corrected chi connectivity index (χ4v) is 3.29. The maximum absolute atomic E-state index is 13.4. The van der Waals surface area contributed by atoms with Gasteiger partial charge in [-0.25, -0.2) is 4.39 Å². The monoisotopic (exact) mass is 282 g/mol. The Kier molecular flexibility index (Phi) is 4.04. The molecule has 2 rings (SSSR count). The Morgan fingerprint density at radius 2 is 2.28 bits per heavy atom. The minimum absolute atomic E-state index is 0.0387. The summed E-state index contributed by atoms with van der Waals surface area (Å²) in [7, 11) is 0.